The monoisotopic (exact) mass is 285 g/mol. The lowest BCUT2D eigenvalue weighted by molar-refractivity contribution is -0.144. The van der Waals surface area contributed by atoms with Crippen LogP contribution in [0.3, 0.4) is 0 Å². The first-order chi connectivity index (χ1) is 8.95. The minimum Gasteiger partial charge on any atom is -0.481 e. The van der Waals surface area contributed by atoms with E-state index in [2.05, 4.69) is 4.90 Å². The Labute approximate surface area is 117 Å². The zero-order valence-corrected chi connectivity index (χ0v) is 11.5. The van der Waals surface area contributed by atoms with Crippen LogP contribution >= 0.6 is 11.6 Å². The molecule has 5 heteroatoms. The van der Waals surface area contributed by atoms with Gasteiger partial charge in [-0.3, -0.25) is 9.69 Å². The fourth-order valence-electron chi connectivity index (χ4n) is 2.67. The van der Waals surface area contributed by atoms with Gasteiger partial charge in [0.25, 0.3) is 0 Å². The van der Waals surface area contributed by atoms with E-state index in [1.165, 1.54) is 12.1 Å². The molecule has 1 aliphatic heterocycles. The standard InChI is InChI=1S/C14H17ClFNO2/c1-9-4-11(14(18)19)8-17(6-9)7-10-2-3-12(15)13(16)5-10/h2-3,5,9,11H,4,6-8H2,1H3,(H,18,19). The third kappa shape index (κ3) is 3.67. The molecule has 0 aliphatic carbocycles. The van der Waals surface area contributed by atoms with Gasteiger partial charge in [0.15, 0.2) is 0 Å². The SMILES string of the molecule is CC1CC(C(=O)O)CN(Cc2ccc(Cl)c(F)c2)C1. The molecule has 1 N–H and O–H groups in total. The third-order valence-corrected chi connectivity index (χ3v) is 3.78. The van der Waals surface area contributed by atoms with Gasteiger partial charge in [0.05, 0.1) is 10.9 Å². The number of rotatable bonds is 3. The predicted molar refractivity (Wildman–Crippen MR) is 71.6 cm³/mol. The van der Waals surface area contributed by atoms with E-state index in [1.807, 2.05) is 6.92 Å². The maximum absolute atomic E-state index is 13.4. The summed E-state index contributed by atoms with van der Waals surface area (Å²) < 4.78 is 13.4. The van der Waals surface area contributed by atoms with Crippen LogP contribution in [-0.4, -0.2) is 29.1 Å². The fourth-order valence-corrected chi connectivity index (χ4v) is 2.78. The third-order valence-electron chi connectivity index (χ3n) is 3.47. The molecule has 1 saturated heterocycles. The zero-order valence-electron chi connectivity index (χ0n) is 10.8. The van der Waals surface area contributed by atoms with E-state index in [0.717, 1.165) is 12.1 Å². The number of aliphatic carboxylic acids is 1. The topological polar surface area (TPSA) is 40.5 Å². The molecular formula is C14H17ClFNO2. The van der Waals surface area contributed by atoms with Crippen molar-refractivity contribution >= 4 is 17.6 Å². The van der Waals surface area contributed by atoms with Gasteiger partial charge in [0.1, 0.15) is 5.82 Å². The Morgan fingerprint density at radius 3 is 2.89 bits per heavy atom. The highest BCUT2D eigenvalue weighted by Gasteiger charge is 2.29. The summed E-state index contributed by atoms with van der Waals surface area (Å²) in [6, 6.07) is 4.73. The first kappa shape index (κ1) is 14.3. The highest BCUT2D eigenvalue weighted by molar-refractivity contribution is 6.30. The summed E-state index contributed by atoms with van der Waals surface area (Å²) in [6.45, 7) is 3.96. The molecule has 0 radical (unpaired) electrons. The Bertz CT molecular complexity index is 481. The number of benzene rings is 1. The average molecular weight is 286 g/mol. The summed E-state index contributed by atoms with van der Waals surface area (Å²) in [7, 11) is 0. The van der Waals surface area contributed by atoms with Gasteiger partial charge in [0, 0.05) is 19.6 Å². The normalized spacial score (nSPS) is 24.4. The number of piperidine rings is 1. The van der Waals surface area contributed by atoms with Gasteiger partial charge in [-0.25, -0.2) is 4.39 Å². The van der Waals surface area contributed by atoms with Crippen LogP contribution < -0.4 is 0 Å². The quantitative estimate of drug-likeness (QED) is 0.928. The van der Waals surface area contributed by atoms with Crippen molar-refractivity contribution in [1.82, 2.24) is 4.90 Å². The Kier molecular flexibility index (Phi) is 4.42. The van der Waals surface area contributed by atoms with Crippen molar-refractivity contribution in [3.05, 3.63) is 34.6 Å². The van der Waals surface area contributed by atoms with Gasteiger partial charge in [-0.15, -0.1) is 0 Å². The van der Waals surface area contributed by atoms with Gasteiger partial charge < -0.3 is 5.11 Å². The van der Waals surface area contributed by atoms with Gasteiger partial charge in [-0.1, -0.05) is 24.6 Å². The van der Waals surface area contributed by atoms with Crippen LogP contribution in [0, 0.1) is 17.7 Å². The number of hydrogen-bond donors (Lipinski definition) is 1. The van der Waals surface area contributed by atoms with Crippen LogP contribution in [0.1, 0.15) is 18.9 Å². The molecule has 2 rings (SSSR count). The second-order valence-corrected chi connectivity index (χ2v) is 5.73. The van der Waals surface area contributed by atoms with E-state index in [-0.39, 0.29) is 10.9 Å². The summed E-state index contributed by atoms with van der Waals surface area (Å²) in [5.74, 6) is -1.18. The molecule has 0 bridgehead atoms. The minimum atomic E-state index is -0.751. The molecule has 0 amide bonds. The number of halogens is 2. The molecule has 2 atom stereocenters. The minimum absolute atomic E-state index is 0.110. The highest BCUT2D eigenvalue weighted by Crippen LogP contribution is 2.24. The molecule has 1 aromatic rings. The van der Waals surface area contributed by atoms with E-state index in [1.54, 1.807) is 6.07 Å². The molecule has 1 aliphatic rings. The van der Waals surface area contributed by atoms with Crippen molar-refractivity contribution in [2.75, 3.05) is 13.1 Å². The summed E-state index contributed by atoms with van der Waals surface area (Å²) in [5, 5.41) is 9.23. The number of carboxylic acid groups (broad SMARTS) is 1. The maximum atomic E-state index is 13.4. The molecule has 0 saturated carbocycles. The fraction of sp³-hybridized carbons (Fsp3) is 0.500. The van der Waals surface area contributed by atoms with Gasteiger partial charge in [-0.05, 0) is 30.0 Å². The predicted octanol–water partition coefficient (Wildman–Crippen LogP) is 3.02. The second kappa shape index (κ2) is 5.88. The number of likely N-dealkylation sites (tertiary alicyclic amines) is 1. The summed E-state index contributed by atoms with van der Waals surface area (Å²) in [6.07, 6.45) is 0.709. The van der Waals surface area contributed by atoms with E-state index in [0.29, 0.717) is 25.4 Å². The molecule has 1 fully saturated rings. The zero-order chi connectivity index (χ0) is 14.0. The second-order valence-electron chi connectivity index (χ2n) is 5.32. The van der Waals surface area contributed by atoms with Crippen LogP contribution in [0.5, 0.6) is 0 Å². The number of nitrogens with zero attached hydrogens (tertiary/aromatic N) is 1. The van der Waals surface area contributed by atoms with Gasteiger partial charge in [0.2, 0.25) is 0 Å². The molecule has 104 valence electrons. The highest BCUT2D eigenvalue weighted by atomic mass is 35.5. The van der Waals surface area contributed by atoms with Crippen molar-refractivity contribution in [3.63, 3.8) is 0 Å². The lowest BCUT2D eigenvalue weighted by Gasteiger charge is -2.34. The van der Waals surface area contributed by atoms with Crippen LogP contribution in [0.2, 0.25) is 5.02 Å². The maximum Gasteiger partial charge on any atom is 0.307 e. The van der Waals surface area contributed by atoms with Crippen LogP contribution in [0.15, 0.2) is 18.2 Å². The average Bonchev–Trinajstić information content (AvgIpc) is 2.33. The smallest absolute Gasteiger partial charge is 0.307 e. The number of hydrogen-bond acceptors (Lipinski definition) is 2. The lowest BCUT2D eigenvalue weighted by Crippen LogP contribution is -2.41. The van der Waals surface area contributed by atoms with Gasteiger partial charge in [-0.2, -0.15) is 0 Å². The van der Waals surface area contributed by atoms with Crippen LogP contribution in [0.4, 0.5) is 4.39 Å². The summed E-state index contributed by atoms with van der Waals surface area (Å²) in [5.41, 5.74) is 0.820. The van der Waals surface area contributed by atoms with Crippen molar-refractivity contribution in [2.45, 2.75) is 19.9 Å². The Morgan fingerprint density at radius 1 is 1.53 bits per heavy atom. The molecule has 1 aromatic carbocycles. The van der Waals surface area contributed by atoms with Crippen molar-refractivity contribution in [3.8, 4) is 0 Å². The molecule has 19 heavy (non-hydrogen) atoms. The molecule has 3 nitrogen and oxygen atoms in total. The van der Waals surface area contributed by atoms with Crippen LogP contribution in [0.25, 0.3) is 0 Å². The first-order valence-electron chi connectivity index (χ1n) is 6.34. The van der Waals surface area contributed by atoms with Crippen molar-refractivity contribution in [2.24, 2.45) is 11.8 Å². The molecule has 2 unspecified atom stereocenters. The van der Waals surface area contributed by atoms with Crippen molar-refractivity contribution < 1.29 is 14.3 Å². The Hall–Kier alpha value is -1.13. The first-order valence-corrected chi connectivity index (χ1v) is 6.72. The largest absolute Gasteiger partial charge is 0.481 e. The van der Waals surface area contributed by atoms with Crippen LogP contribution in [-0.2, 0) is 11.3 Å². The molecule has 0 aromatic heterocycles. The number of carbonyl (C=O) groups is 1. The Balaban J connectivity index is 2.05. The van der Waals surface area contributed by atoms with E-state index >= 15 is 0 Å². The van der Waals surface area contributed by atoms with Crippen molar-refractivity contribution in [1.29, 1.82) is 0 Å². The molecule has 0 spiro atoms. The lowest BCUT2D eigenvalue weighted by atomic mass is 9.90. The summed E-state index contributed by atoms with van der Waals surface area (Å²) >= 11 is 5.64. The molecular weight excluding hydrogens is 269 g/mol. The Morgan fingerprint density at radius 2 is 2.26 bits per heavy atom. The van der Waals surface area contributed by atoms with E-state index in [9.17, 15) is 9.18 Å². The van der Waals surface area contributed by atoms with Gasteiger partial charge >= 0.3 is 5.97 Å². The van der Waals surface area contributed by atoms with E-state index in [4.69, 9.17) is 16.7 Å². The molecule has 1 heterocycles. The summed E-state index contributed by atoms with van der Waals surface area (Å²) in [4.78, 5) is 13.2. The van der Waals surface area contributed by atoms with E-state index < -0.39 is 11.8 Å². The number of carboxylic acids is 1.